The van der Waals surface area contributed by atoms with Gasteiger partial charge in [0, 0.05) is 29.8 Å². The van der Waals surface area contributed by atoms with Gasteiger partial charge in [0.15, 0.2) is 0 Å². The highest BCUT2D eigenvalue weighted by molar-refractivity contribution is 7.09. The summed E-state index contributed by atoms with van der Waals surface area (Å²) in [6, 6.07) is 6.15. The summed E-state index contributed by atoms with van der Waals surface area (Å²) in [5.41, 5.74) is 4.27. The Morgan fingerprint density at radius 1 is 1.33 bits per heavy atom. The number of aromatic nitrogens is 2. The maximum atomic E-state index is 6.01. The molecule has 0 atom stereocenters. The maximum absolute atomic E-state index is 6.01. The molecule has 0 unspecified atom stereocenters. The lowest BCUT2D eigenvalue weighted by atomic mass is 10.1. The van der Waals surface area contributed by atoms with Crippen LogP contribution in [0.5, 0.6) is 5.75 Å². The summed E-state index contributed by atoms with van der Waals surface area (Å²) in [4.78, 5) is 10.7. The van der Waals surface area contributed by atoms with Crippen LogP contribution in [0.15, 0.2) is 36.1 Å². The predicted molar refractivity (Wildman–Crippen MR) is 87.0 cm³/mol. The number of aromatic amines is 1. The van der Waals surface area contributed by atoms with Crippen molar-refractivity contribution in [2.45, 2.75) is 13.0 Å². The molecule has 0 fully saturated rings. The number of hydrogen-bond acceptors (Lipinski definition) is 4. The van der Waals surface area contributed by atoms with E-state index in [0.29, 0.717) is 6.61 Å². The summed E-state index contributed by atoms with van der Waals surface area (Å²) in [5, 5.41) is 1.20. The van der Waals surface area contributed by atoms with Crippen LogP contribution in [0.25, 0.3) is 10.9 Å². The van der Waals surface area contributed by atoms with E-state index >= 15 is 0 Å². The van der Waals surface area contributed by atoms with Gasteiger partial charge in [-0.2, -0.15) is 0 Å². The van der Waals surface area contributed by atoms with Crippen molar-refractivity contribution in [2.24, 2.45) is 0 Å². The number of likely N-dealkylation sites (N-methyl/N-ethyl adjacent to an activating group) is 1. The lowest BCUT2D eigenvalue weighted by molar-refractivity contribution is 0.313. The van der Waals surface area contributed by atoms with E-state index in [-0.39, 0.29) is 0 Å². The Labute approximate surface area is 128 Å². The van der Waals surface area contributed by atoms with Gasteiger partial charge in [-0.3, -0.25) is 4.98 Å². The minimum Gasteiger partial charge on any atom is -0.487 e. The summed E-state index contributed by atoms with van der Waals surface area (Å²) in [7, 11) is 4.19. The highest BCUT2D eigenvalue weighted by Gasteiger charge is 2.10. The van der Waals surface area contributed by atoms with Gasteiger partial charge < -0.3 is 14.6 Å². The summed E-state index contributed by atoms with van der Waals surface area (Å²) in [5.74, 6) is 0.941. The molecule has 1 aromatic carbocycles. The van der Waals surface area contributed by atoms with Gasteiger partial charge in [-0.05, 0) is 38.2 Å². The molecule has 0 radical (unpaired) electrons. The van der Waals surface area contributed by atoms with Crippen molar-refractivity contribution in [2.75, 3.05) is 20.6 Å². The fourth-order valence-electron chi connectivity index (χ4n) is 2.34. The molecule has 0 amide bonds. The quantitative estimate of drug-likeness (QED) is 0.759. The van der Waals surface area contributed by atoms with Crippen molar-refractivity contribution in [1.29, 1.82) is 0 Å². The maximum Gasteiger partial charge on any atom is 0.129 e. The number of ether oxygens (including phenoxy) is 1. The van der Waals surface area contributed by atoms with E-state index in [0.717, 1.165) is 29.1 Å². The molecule has 0 aliphatic rings. The third-order valence-electron chi connectivity index (χ3n) is 3.43. The zero-order valence-electron chi connectivity index (χ0n) is 12.3. The Bertz CT molecular complexity index is 703. The van der Waals surface area contributed by atoms with Crippen molar-refractivity contribution >= 4 is 22.2 Å². The van der Waals surface area contributed by atoms with Crippen molar-refractivity contribution in [3.8, 4) is 5.75 Å². The highest BCUT2D eigenvalue weighted by atomic mass is 32.1. The second kappa shape index (κ2) is 6.28. The molecule has 0 saturated carbocycles. The lowest BCUT2D eigenvalue weighted by Crippen LogP contribution is -2.14. The van der Waals surface area contributed by atoms with Gasteiger partial charge in [0.2, 0.25) is 0 Å². The van der Waals surface area contributed by atoms with Crippen LogP contribution in [0.1, 0.15) is 10.4 Å². The third-order valence-corrected chi connectivity index (χ3v) is 4.18. The molecule has 1 N–H and O–H groups in total. The Morgan fingerprint density at radius 3 is 3.00 bits per heavy atom. The molecular weight excluding hydrogens is 282 g/mol. The number of nitrogens with zero attached hydrogens (tertiary/aromatic N) is 2. The third kappa shape index (κ3) is 3.25. The number of H-pyrrole nitrogens is 1. The van der Waals surface area contributed by atoms with Crippen LogP contribution < -0.4 is 4.74 Å². The van der Waals surface area contributed by atoms with Crippen molar-refractivity contribution in [3.05, 3.63) is 46.5 Å². The largest absolute Gasteiger partial charge is 0.487 e. The van der Waals surface area contributed by atoms with Crippen LogP contribution in [0.2, 0.25) is 0 Å². The van der Waals surface area contributed by atoms with Crippen molar-refractivity contribution in [3.63, 3.8) is 0 Å². The molecule has 3 rings (SSSR count). The van der Waals surface area contributed by atoms with E-state index in [1.807, 2.05) is 23.8 Å². The Balaban J connectivity index is 1.84. The molecule has 0 bridgehead atoms. The Kier molecular flexibility index (Phi) is 4.22. The molecule has 21 heavy (non-hydrogen) atoms. The van der Waals surface area contributed by atoms with E-state index < -0.39 is 0 Å². The van der Waals surface area contributed by atoms with Gasteiger partial charge in [-0.1, -0.05) is 6.07 Å². The first-order valence-electron chi connectivity index (χ1n) is 6.98. The average molecular weight is 301 g/mol. The molecule has 5 heteroatoms. The molecule has 0 aliphatic heterocycles. The normalized spacial score (nSPS) is 11.4. The van der Waals surface area contributed by atoms with Crippen LogP contribution in [-0.4, -0.2) is 35.5 Å². The number of rotatable bonds is 6. The summed E-state index contributed by atoms with van der Waals surface area (Å²) < 4.78 is 6.01. The first-order chi connectivity index (χ1) is 10.2. The summed E-state index contributed by atoms with van der Waals surface area (Å²) in [6.45, 7) is 1.60. The van der Waals surface area contributed by atoms with E-state index in [2.05, 4.69) is 41.2 Å². The van der Waals surface area contributed by atoms with Crippen LogP contribution in [-0.2, 0) is 13.0 Å². The van der Waals surface area contributed by atoms with E-state index in [1.165, 1.54) is 10.9 Å². The second-order valence-corrected chi connectivity index (χ2v) is 6.27. The van der Waals surface area contributed by atoms with E-state index in [1.54, 1.807) is 11.3 Å². The zero-order chi connectivity index (χ0) is 14.7. The second-order valence-electron chi connectivity index (χ2n) is 5.30. The number of nitrogens with one attached hydrogen (secondary N) is 1. The molecule has 2 aromatic heterocycles. The van der Waals surface area contributed by atoms with Crippen LogP contribution >= 0.6 is 11.3 Å². The van der Waals surface area contributed by atoms with Crippen LogP contribution in [0, 0.1) is 0 Å². The minimum atomic E-state index is 0.572. The van der Waals surface area contributed by atoms with E-state index in [4.69, 9.17) is 4.74 Å². The van der Waals surface area contributed by atoms with Crippen molar-refractivity contribution in [1.82, 2.24) is 14.9 Å². The molecular formula is C16H19N3OS. The Hall–Kier alpha value is -1.85. The van der Waals surface area contributed by atoms with Gasteiger partial charge >= 0.3 is 0 Å². The van der Waals surface area contributed by atoms with E-state index in [9.17, 15) is 0 Å². The van der Waals surface area contributed by atoms with Gasteiger partial charge in [-0.15, -0.1) is 11.3 Å². The van der Waals surface area contributed by atoms with Gasteiger partial charge in [0.25, 0.3) is 0 Å². The molecule has 0 spiro atoms. The molecule has 4 nitrogen and oxygen atoms in total. The minimum absolute atomic E-state index is 0.572. The fourth-order valence-corrected chi connectivity index (χ4v) is 2.85. The van der Waals surface area contributed by atoms with Gasteiger partial charge in [0.1, 0.15) is 12.4 Å². The fraction of sp³-hybridized carbons (Fsp3) is 0.312. The topological polar surface area (TPSA) is 41.2 Å². The Morgan fingerprint density at radius 2 is 2.24 bits per heavy atom. The first-order valence-corrected chi connectivity index (χ1v) is 7.86. The molecule has 0 saturated heterocycles. The molecule has 2 heterocycles. The monoisotopic (exact) mass is 301 g/mol. The number of benzene rings is 1. The number of thiazole rings is 1. The zero-order valence-corrected chi connectivity index (χ0v) is 13.1. The smallest absolute Gasteiger partial charge is 0.129 e. The van der Waals surface area contributed by atoms with Crippen LogP contribution in [0.4, 0.5) is 0 Å². The molecule has 0 aliphatic carbocycles. The number of fused-ring (bicyclic) bond motifs is 1. The highest BCUT2D eigenvalue weighted by Crippen LogP contribution is 2.30. The SMILES string of the molecule is CN(C)CCc1c[nH]c2cccc(OCc3cncs3)c12. The standard InChI is InChI=1S/C16H19N3OS/c1-19(2)7-6-12-8-18-14-4-3-5-15(16(12)14)20-10-13-9-17-11-21-13/h3-5,8-9,11,18H,6-7,10H2,1-2H3. The summed E-state index contributed by atoms with van der Waals surface area (Å²) in [6.07, 6.45) is 4.95. The van der Waals surface area contributed by atoms with Gasteiger partial charge in [0.05, 0.1) is 10.4 Å². The lowest BCUT2D eigenvalue weighted by Gasteiger charge is -2.10. The average Bonchev–Trinajstić information content (AvgIpc) is 3.12. The molecule has 110 valence electrons. The van der Waals surface area contributed by atoms with Crippen molar-refractivity contribution < 1.29 is 4.74 Å². The first kappa shape index (κ1) is 14.1. The van der Waals surface area contributed by atoms with Crippen LogP contribution in [0.3, 0.4) is 0 Å². The van der Waals surface area contributed by atoms with Gasteiger partial charge in [-0.25, -0.2) is 0 Å². The number of hydrogen-bond donors (Lipinski definition) is 1. The predicted octanol–water partition coefficient (Wildman–Crippen LogP) is 3.31. The molecule has 3 aromatic rings. The summed E-state index contributed by atoms with van der Waals surface area (Å²) >= 11 is 1.62.